The molecule has 1 saturated carbocycles. The lowest BCUT2D eigenvalue weighted by Gasteiger charge is -2.44. The topological polar surface area (TPSA) is 56.0 Å². The number of β-amino-alcohol motifs (C(OH)–C–C–N with tert-alkyl or cyclic N) is 1. The Morgan fingerprint density at radius 2 is 2.27 bits per heavy atom. The van der Waals surface area contributed by atoms with Crippen LogP contribution in [0.1, 0.15) is 39.0 Å². The molecule has 0 amide bonds. The molecule has 2 fully saturated rings. The first-order valence-corrected chi connectivity index (χ1v) is 5.96. The minimum Gasteiger partial charge on any atom is -0.387 e. The molecule has 2 rings (SSSR count). The minimum atomic E-state index is -0.781. The van der Waals surface area contributed by atoms with Crippen molar-refractivity contribution >= 4 is 0 Å². The number of hydrogen-bond acceptors (Lipinski definition) is 3. The first kappa shape index (κ1) is 10.9. The maximum absolute atomic E-state index is 10.6. The van der Waals surface area contributed by atoms with Gasteiger partial charge >= 0.3 is 0 Å². The van der Waals surface area contributed by atoms with Gasteiger partial charge in [-0.2, -0.15) is 5.26 Å². The zero-order valence-electron chi connectivity index (χ0n) is 9.42. The molecular formula is C12H20N2O. The van der Waals surface area contributed by atoms with Crippen molar-refractivity contribution in [2.24, 2.45) is 11.3 Å². The van der Waals surface area contributed by atoms with Gasteiger partial charge in [-0.15, -0.1) is 0 Å². The molecule has 3 nitrogen and oxygen atoms in total. The van der Waals surface area contributed by atoms with E-state index >= 15 is 0 Å². The zero-order valence-corrected chi connectivity index (χ0v) is 9.42. The number of nitrogens with one attached hydrogen (secondary N) is 1. The lowest BCUT2D eigenvalue weighted by Crippen LogP contribution is -2.51. The fourth-order valence-corrected chi connectivity index (χ4v) is 3.27. The van der Waals surface area contributed by atoms with Crippen molar-refractivity contribution in [2.45, 2.75) is 44.6 Å². The minimum absolute atomic E-state index is 0.492. The van der Waals surface area contributed by atoms with Crippen LogP contribution in [0.4, 0.5) is 0 Å². The summed E-state index contributed by atoms with van der Waals surface area (Å²) in [6.45, 7) is 3.62. The van der Waals surface area contributed by atoms with Crippen molar-refractivity contribution in [1.82, 2.24) is 5.32 Å². The van der Waals surface area contributed by atoms with E-state index in [1.165, 1.54) is 6.42 Å². The van der Waals surface area contributed by atoms with Crippen LogP contribution in [-0.2, 0) is 0 Å². The Hall–Kier alpha value is -0.590. The van der Waals surface area contributed by atoms with Gasteiger partial charge in [-0.1, -0.05) is 19.8 Å². The van der Waals surface area contributed by atoms with Crippen molar-refractivity contribution in [3.05, 3.63) is 0 Å². The third-order valence-electron chi connectivity index (χ3n) is 4.24. The van der Waals surface area contributed by atoms with Gasteiger partial charge in [-0.25, -0.2) is 0 Å². The second-order valence-electron chi connectivity index (χ2n) is 5.35. The summed E-state index contributed by atoms with van der Waals surface area (Å²) in [7, 11) is 0. The molecule has 2 N–H and O–H groups in total. The van der Waals surface area contributed by atoms with E-state index in [0.29, 0.717) is 12.5 Å². The van der Waals surface area contributed by atoms with E-state index < -0.39 is 11.0 Å². The maximum Gasteiger partial charge on any atom is 0.0968 e. The first-order valence-electron chi connectivity index (χ1n) is 5.96. The molecule has 1 aliphatic heterocycles. The summed E-state index contributed by atoms with van der Waals surface area (Å²) in [6.07, 6.45) is 4.74. The molecule has 2 aliphatic rings. The summed E-state index contributed by atoms with van der Waals surface area (Å²) in [5.74, 6) is 0.572. The fourth-order valence-electron chi connectivity index (χ4n) is 3.27. The number of aliphatic hydroxyl groups is 1. The molecule has 0 spiro atoms. The van der Waals surface area contributed by atoms with Crippen LogP contribution in [0.25, 0.3) is 0 Å². The van der Waals surface area contributed by atoms with Gasteiger partial charge in [-0.05, 0) is 31.7 Å². The smallest absolute Gasteiger partial charge is 0.0968 e. The van der Waals surface area contributed by atoms with Crippen molar-refractivity contribution in [1.29, 1.82) is 5.26 Å². The van der Waals surface area contributed by atoms with E-state index in [0.717, 1.165) is 32.2 Å². The lowest BCUT2D eigenvalue weighted by molar-refractivity contribution is -0.0645. The van der Waals surface area contributed by atoms with Crippen LogP contribution >= 0.6 is 0 Å². The quantitative estimate of drug-likeness (QED) is 0.685. The van der Waals surface area contributed by atoms with Crippen LogP contribution in [-0.4, -0.2) is 23.8 Å². The van der Waals surface area contributed by atoms with Gasteiger partial charge < -0.3 is 10.4 Å². The van der Waals surface area contributed by atoms with Crippen LogP contribution in [0.3, 0.4) is 0 Å². The van der Waals surface area contributed by atoms with Gasteiger partial charge in [0.15, 0.2) is 0 Å². The fraction of sp³-hybridized carbons (Fsp3) is 0.917. The van der Waals surface area contributed by atoms with E-state index in [1.807, 2.05) is 0 Å². The SMILES string of the molecule is CC1CCCC(C#N)(C2(O)CCNC2)C1. The highest BCUT2D eigenvalue weighted by atomic mass is 16.3. The van der Waals surface area contributed by atoms with Gasteiger partial charge in [0.25, 0.3) is 0 Å². The van der Waals surface area contributed by atoms with Gasteiger partial charge in [0, 0.05) is 6.54 Å². The van der Waals surface area contributed by atoms with Gasteiger partial charge in [0.1, 0.15) is 0 Å². The molecule has 3 heteroatoms. The summed E-state index contributed by atoms with van der Waals surface area (Å²) in [5, 5.41) is 23.2. The molecule has 0 radical (unpaired) electrons. The molecule has 0 aromatic carbocycles. The second kappa shape index (κ2) is 3.77. The van der Waals surface area contributed by atoms with Crippen LogP contribution in [0.5, 0.6) is 0 Å². The monoisotopic (exact) mass is 208 g/mol. The third kappa shape index (κ3) is 1.66. The highest BCUT2D eigenvalue weighted by Gasteiger charge is 2.53. The average Bonchev–Trinajstić information content (AvgIpc) is 2.66. The Labute approximate surface area is 91.5 Å². The van der Waals surface area contributed by atoms with E-state index in [2.05, 4.69) is 18.3 Å². The highest BCUT2D eigenvalue weighted by Crippen LogP contribution is 2.48. The maximum atomic E-state index is 10.6. The third-order valence-corrected chi connectivity index (χ3v) is 4.24. The molecule has 84 valence electrons. The molecule has 1 heterocycles. The zero-order chi connectivity index (χ0) is 10.9. The number of nitriles is 1. The molecule has 3 atom stereocenters. The summed E-state index contributed by atoms with van der Waals surface area (Å²) in [4.78, 5) is 0. The standard InChI is InChI=1S/C12H20N2O/c1-10-3-2-4-11(7-10,8-13)12(15)5-6-14-9-12/h10,14-15H,2-7,9H2,1H3. The Morgan fingerprint density at radius 3 is 2.80 bits per heavy atom. The van der Waals surface area contributed by atoms with E-state index in [4.69, 9.17) is 0 Å². The summed E-state index contributed by atoms with van der Waals surface area (Å²) in [5.41, 5.74) is -1.27. The van der Waals surface area contributed by atoms with Gasteiger partial charge in [-0.3, -0.25) is 0 Å². The lowest BCUT2D eigenvalue weighted by atomic mass is 9.61. The Kier molecular flexibility index (Phi) is 2.74. The number of nitrogens with zero attached hydrogens (tertiary/aromatic N) is 1. The van der Waals surface area contributed by atoms with Crippen LogP contribution in [0.15, 0.2) is 0 Å². The largest absolute Gasteiger partial charge is 0.387 e. The predicted molar refractivity (Wildman–Crippen MR) is 58.1 cm³/mol. The van der Waals surface area contributed by atoms with Crippen LogP contribution < -0.4 is 5.32 Å². The molecule has 0 aromatic rings. The molecular weight excluding hydrogens is 188 g/mol. The summed E-state index contributed by atoms with van der Waals surface area (Å²) in [6, 6.07) is 2.44. The van der Waals surface area contributed by atoms with Gasteiger partial charge in [0.2, 0.25) is 0 Å². The molecule has 15 heavy (non-hydrogen) atoms. The van der Waals surface area contributed by atoms with Crippen LogP contribution in [0, 0.1) is 22.7 Å². The Morgan fingerprint density at radius 1 is 1.47 bits per heavy atom. The van der Waals surface area contributed by atoms with Crippen molar-refractivity contribution in [2.75, 3.05) is 13.1 Å². The predicted octanol–water partition coefficient (Wildman–Crippen LogP) is 1.43. The highest BCUT2D eigenvalue weighted by molar-refractivity contribution is 5.15. The molecule has 1 saturated heterocycles. The molecule has 0 bridgehead atoms. The molecule has 3 unspecified atom stereocenters. The van der Waals surface area contributed by atoms with Crippen LogP contribution in [0.2, 0.25) is 0 Å². The van der Waals surface area contributed by atoms with Crippen molar-refractivity contribution in [3.8, 4) is 6.07 Å². The van der Waals surface area contributed by atoms with E-state index in [9.17, 15) is 10.4 Å². The summed E-state index contributed by atoms with van der Waals surface area (Å²) >= 11 is 0. The Balaban J connectivity index is 2.24. The second-order valence-corrected chi connectivity index (χ2v) is 5.35. The number of rotatable bonds is 1. The number of hydrogen-bond donors (Lipinski definition) is 2. The van der Waals surface area contributed by atoms with Crippen molar-refractivity contribution < 1.29 is 5.11 Å². The first-order chi connectivity index (χ1) is 7.12. The Bertz CT molecular complexity index is 278. The normalized spacial score (nSPS) is 46.3. The average molecular weight is 208 g/mol. The van der Waals surface area contributed by atoms with Crippen molar-refractivity contribution in [3.63, 3.8) is 0 Å². The summed E-state index contributed by atoms with van der Waals surface area (Å²) < 4.78 is 0. The van der Waals surface area contributed by atoms with E-state index in [-0.39, 0.29) is 0 Å². The molecule has 0 aromatic heterocycles. The molecule has 1 aliphatic carbocycles. The van der Waals surface area contributed by atoms with Gasteiger partial charge in [0.05, 0.1) is 17.1 Å². The van der Waals surface area contributed by atoms with E-state index in [1.54, 1.807) is 0 Å².